The van der Waals surface area contributed by atoms with E-state index in [0.717, 1.165) is 35.3 Å². The van der Waals surface area contributed by atoms with E-state index in [2.05, 4.69) is 36.6 Å². The first-order valence-electron chi connectivity index (χ1n) is 14.1. The summed E-state index contributed by atoms with van der Waals surface area (Å²) in [6.07, 6.45) is 2.02. The van der Waals surface area contributed by atoms with Crippen LogP contribution >= 0.6 is 0 Å². The average Bonchev–Trinajstić information content (AvgIpc) is 3.27. The standard InChI is InChI=1S/C32H41BFNO4/c1-7-33-38-26(19-27(39-33)20-30(36)37-32(4,5)6)17-18-35-29(22(2)3)21-28(23-11-9-8-10-12-23)31(35)24-13-15-25(34)16-14-24/h8-16,21-22,26-27H,7,17-20H2,1-6H3. The highest BCUT2D eigenvalue weighted by atomic mass is 19.1. The fourth-order valence-electron chi connectivity index (χ4n) is 5.26. The monoisotopic (exact) mass is 533 g/mol. The van der Waals surface area contributed by atoms with Gasteiger partial charge in [-0.15, -0.1) is 0 Å². The van der Waals surface area contributed by atoms with Crippen LogP contribution in [0.1, 0.15) is 72.4 Å². The summed E-state index contributed by atoms with van der Waals surface area (Å²) >= 11 is 0. The topological polar surface area (TPSA) is 49.7 Å². The summed E-state index contributed by atoms with van der Waals surface area (Å²) in [6.45, 7) is 12.8. The maximum absolute atomic E-state index is 13.9. The molecule has 39 heavy (non-hydrogen) atoms. The zero-order chi connectivity index (χ0) is 28.2. The van der Waals surface area contributed by atoms with Gasteiger partial charge in [-0.2, -0.15) is 0 Å². The van der Waals surface area contributed by atoms with Crippen LogP contribution in [0.3, 0.4) is 0 Å². The van der Waals surface area contributed by atoms with Crippen LogP contribution in [-0.2, 0) is 25.4 Å². The number of carbonyl (C=O) groups is 1. The molecule has 2 aromatic carbocycles. The molecule has 1 aliphatic rings. The number of carbonyl (C=O) groups excluding carboxylic acids is 1. The summed E-state index contributed by atoms with van der Waals surface area (Å²) in [5, 5.41) is 0. The van der Waals surface area contributed by atoms with Crippen LogP contribution in [0.5, 0.6) is 0 Å². The van der Waals surface area contributed by atoms with Crippen molar-refractivity contribution in [3.8, 4) is 22.4 Å². The number of rotatable bonds is 9. The van der Waals surface area contributed by atoms with Crippen LogP contribution in [0.25, 0.3) is 22.4 Å². The molecule has 0 saturated carbocycles. The van der Waals surface area contributed by atoms with Gasteiger partial charge in [-0.1, -0.05) is 51.1 Å². The van der Waals surface area contributed by atoms with Crippen LogP contribution in [0, 0.1) is 5.82 Å². The Morgan fingerprint density at radius 2 is 1.72 bits per heavy atom. The molecular weight excluding hydrogens is 492 g/mol. The fourth-order valence-corrected chi connectivity index (χ4v) is 5.26. The van der Waals surface area contributed by atoms with E-state index in [1.807, 2.05) is 58.0 Å². The number of halogens is 1. The van der Waals surface area contributed by atoms with Gasteiger partial charge in [0, 0.05) is 23.9 Å². The largest absolute Gasteiger partial charge is 0.460 e. The van der Waals surface area contributed by atoms with Gasteiger partial charge in [-0.05, 0) is 87.3 Å². The second-order valence-corrected chi connectivity index (χ2v) is 11.7. The molecule has 0 spiro atoms. The molecule has 2 heterocycles. The van der Waals surface area contributed by atoms with E-state index in [9.17, 15) is 9.18 Å². The molecule has 1 fully saturated rings. The quantitative estimate of drug-likeness (QED) is 0.207. The molecule has 0 amide bonds. The van der Waals surface area contributed by atoms with Crippen LogP contribution in [0.2, 0.25) is 6.32 Å². The molecule has 7 heteroatoms. The Bertz CT molecular complexity index is 1230. The number of hydrogen-bond acceptors (Lipinski definition) is 4. The molecule has 208 valence electrons. The van der Waals surface area contributed by atoms with E-state index in [0.29, 0.717) is 18.7 Å². The van der Waals surface area contributed by atoms with Gasteiger partial charge in [0.15, 0.2) is 0 Å². The molecule has 3 aromatic rings. The van der Waals surface area contributed by atoms with Gasteiger partial charge in [-0.25, -0.2) is 4.39 Å². The van der Waals surface area contributed by atoms with E-state index >= 15 is 0 Å². The van der Waals surface area contributed by atoms with Crippen molar-refractivity contribution < 1.29 is 23.2 Å². The molecule has 0 radical (unpaired) electrons. The normalized spacial score (nSPS) is 18.0. The lowest BCUT2D eigenvalue weighted by Crippen LogP contribution is -2.42. The summed E-state index contributed by atoms with van der Waals surface area (Å²) in [7, 11) is -0.345. The average molecular weight is 533 g/mol. The zero-order valence-electron chi connectivity index (χ0n) is 24.1. The number of esters is 1. The lowest BCUT2D eigenvalue weighted by molar-refractivity contribution is -0.157. The van der Waals surface area contributed by atoms with Crippen molar-refractivity contribution in [2.45, 2.75) is 97.4 Å². The highest BCUT2D eigenvalue weighted by Crippen LogP contribution is 2.38. The van der Waals surface area contributed by atoms with E-state index < -0.39 is 5.60 Å². The van der Waals surface area contributed by atoms with Crippen molar-refractivity contribution in [3.05, 3.63) is 72.2 Å². The summed E-state index contributed by atoms with van der Waals surface area (Å²) < 4.78 is 34.1. The van der Waals surface area contributed by atoms with E-state index in [1.54, 1.807) is 0 Å². The summed E-state index contributed by atoms with van der Waals surface area (Å²) in [5.74, 6) is -0.207. The fraction of sp³-hybridized carbons (Fsp3) is 0.469. The number of ether oxygens (including phenoxy) is 1. The molecule has 0 bridgehead atoms. The number of nitrogens with zero attached hydrogens (tertiary/aromatic N) is 1. The summed E-state index contributed by atoms with van der Waals surface area (Å²) in [6, 6.07) is 19.3. The van der Waals surface area contributed by atoms with Gasteiger partial charge in [0.2, 0.25) is 0 Å². The van der Waals surface area contributed by atoms with Gasteiger partial charge in [0.25, 0.3) is 0 Å². The van der Waals surface area contributed by atoms with Gasteiger partial charge in [0.05, 0.1) is 18.2 Å². The van der Waals surface area contributed by atoms with Crippen molar-refractivity contribution in [2.24, 2.45) is 0 Å². The predicted octanol–water partition coefficient (Wildman–Crippen LogP) is 7.89. The Balaban J connectivity index is 1.62. The van der Waals surface area contributed by atoms with Crippen molar-refractivity contribution in [2.75, 3.05) is 0 Å². The Morgan fingerprint density at radius 3 is 2.33 bits per heavy atom. The third-order valence-corrected chi connectivity index (χ3v) is 6.96. The molecule has 1 aliphatic heterocycles. The molecule has 5 nitrogen and oxygen atoms in total. The minimum absolute atomic E-state index is 0.0557. The van der Waals surface area contributed by atoms with Crippen molar-refractivity contribution in [3.63, 3.8) is 0 Å². The number of benzene rings is 2. The van der Waals surface area contributed by atoms with E-state index in [4.69, 9.17) is 14.0 Å². The Kier molecular flexibility index (Phi) is 9.34. The molecule has 1 aromatic heterocycles. The first kappa shape index (κ1) is 29.1. The zero-order valence-corrected chi connectivity index (χ0v) is 24.1. The maximum Gasteiger partial charge on any atom is 0.456 e. The van der Waals surface area contributed by atoms with Crippen LogP contribution in [-0.4, -0.2) is 35.5 Å². The van der Waals surface area contributed by atoms with E-state index in [1.165, 1.54) is 17.8 Å². The molecular formula is C32H41BFNO4. The summed E-state index contributed by atoms with van der Waals surface area (Å²) in [5.41, 5.74) is 5.01. The van der Waals surface area contributed by atoms with Gasteiger partial charge in [0.1, 0.15) is 11.4 Å². The van der Waals surface area contributed by atoms with Crippen molar-refractivity contribution in [1.29, 1.82) is 0 Å². The molecule has 2 unspecified atom stereocenters. The molecule has 0 N–H and O–H groups in total. The second-order valence-electron chi connectivity index (χ2n) is 11.7. The molecule has 0 aliphatic carbocycles. The minimum atomic E-state index is -0.527. The van der Waals surface area contributed by atoms with Crippen molar-refractivity contribution in [1.82, 2.24) is 4.57 Å². The SMILES string of the molecule is CCB1OC(CCn2c(C(C)C)cc(-c3ccccc3)c2-c2ccc(F)cc2)CC(CC(=O)OC(C)(C)C)O1. The van der Waals surface area contributed by atoms with E-state index in [-0.39, 0.29) is 37.5 Å². The maximum atomic E-state index is 13.9. The molecule has 1 saturated heterocycles. The lowest BCUT2D eigenvalue weighted by atomic mass is 9.82. The first-order valence-corrected chi connectivity index (χ1v) is 14.1. The van der Waals surface area contributed by atoms with Crippen molar-refractivity contribution >= 4 is 13.1 Å². The second kappa shape index (κ2) is 12.5. The third kappa shape index (κ3) is 7.61. The smallest absolute Gasteiger partial charge is 0.456 e. The Hall–Kier alpha value is -2.90. The lowest BCUT2D eigenvalue weighted by Gasteiger charge is -2.34. The van der Waals surface area contributed by atoms with Crippen LogP contribution < -0.4 is 0 Å². The molecule has 4 rings (SSSR count). The Labute approximate surface area is 232 Å². The number of aromatic nitrogens is 1. The minimum Gasteiger partial charge on any atom is -0.460 e. The summed E-state index contributed by atoms with van der Waals surface area (Å²) in [4.78, 5) is 12.5. The van der Waals surface area contributed by atoms with Gasteiger partial charge >= 0.3 is 13.1 Å². The third-order valence-electron chi connectivity index (χ3n) is 6.96. The van der Waals surface area contributed by atoms with Crippen LogP contribution in [0.4, 0.5) is 4.39 Å². The number of hydrogen-bond donors (Lipinski definition) is 0. The highest BCUT2D eigenvalue weighted by molar-refractivity contribution is 6.44. The molecule has 2 atom stereocenters. The highest BCUT2D eigenvalue weighted by Gasteiger charge is 2.35. The first-order chi connectivity index (χ1) is 18.5. The predicted molar refractivity (Wildman–Crippen MR) is 155 cm³/mol. The van der Waals surface area contributed by atoms with Gasteiger partial charge < -0.3 is 18.6 Å². The Morgan fingerprint density at radius 1 is 1.05 bits per heavy atom. The van der Waals surface area contributed by atoms with Crippen LogP contribution in [0.15, 0.2) is 60.7 Å². The van der Waals surface area contributed by atoms with Gasteiger partial charge in [-0.3, -0.25) is 4.79 Å².